The average Bonchev–Trinajstić information content (AvgIpc) is 2.21. The fourth-order valence-corrected chi connectivity index (χ4v) is 2.70. The number of carboxylic acid groups (broad SMARTS) is 1. The van der Waals surface area contributed by atoms with Gasteiger partial charge < -0.3 is 10.4 Å². The molecule has 0 unspecified atom stereocenters. The van der Waals surface area contributed by atoms with E-state index in [2.05, 4.69) is 5.32 Å². The predicted molar refractivity (Wildman–Crippen MR) is 60.5 cm³/mol. The summed E-state index contributed by atoms with van der Waals surface area (Å²) >= 11 is 0. The van der Waals surface area contributed by atoms with Crippen LogP contribution in [-0.2, 0) is 20.4 Å². The van der Waals surface area contributed by atoms with E-state index in [-0.39, 0.29) is 6.04 Å². The van der Waals surface area contributed by atoms with Gasteiger partial charge in [-0.3, -0.25) is 13.8 Å². The molecule has 0 aromatic rings. The smallest absolute Gasteiger partial charge is 0.318 e. The normalized spacial score (nSPS) is 26.1. The zero-order chi connectivity index (χ0) is 12.3. The van der Waals surface area contributed by atoms with Crippen LogP contribution in [0.3, 0.4) is 0 Å². The Hall–Kier alpha value is -0.910. The van der Waals surface area contributed by atoms with Gasteiger partial charge in [0, 0.05) is 28.3 Å². The molecule has 0 atom stereocenters. The van der Waals surface area contributed by atoms with Crippen molar-refractivity contribution < 1.29 is 18.9 Å². The van der Waals surface area contributed by atoms with Crippen molar-refractivity contribution in [2.75, 3.05) is 11.5 Å². The Morgan fingerprint density at radius 3 is 2.25 bits per heavy atom. The molecule has 1 fully saturated rings. The van der Waals surface area contributed by atoms with Crippen LogP contribution in [0, 0.1) is 5.41 Å². The summed E-state index contributed by atoms with van der Waals surface area (Å²) < 4.78 is 11.1. The molecule has 1 amide bonds. The summed E-state index contributed by atoms with van der Waals surface area (Å²) in [6.07, 6.45) is 1.32. The first-order chi connectivity index (χ1) is 7.34. The van der Waals surface area contributed by atoms with Gasteiger partial charge in [-0.05, 0) is 26.7 Å². The fraction of sp³-hybridized carbons (Fsp3) is 0.800. The standard InChI is InChI=1S/C10H17NO4S/c1-10(2,9(13)14)8(12)11-7-3-5-16(15)6-4-7/h7H,3-6H2,1-2H3,(H,11,12)(H,13,14). The maximum atomic E-state index is 11.7. The molecule has 2 N–H and O–H groups in total. The third kappa shape index (κ3) is 3.04. The second-order valence-electron chi connectivity index (χ2n) is 4.53. The van der Waals surface area contributed by atoms with Gasteiger partial charge in [0.15, 0.2) is 0 Å². The topological polar surface area (TPSA) is 83.5 Å². The van der Waals surface area contributed by atoms with Crippen LogP contribution in [0.2, 0.25) is 0 Å². The van der Waals surface area contributed by atoms with E-state index in [1.165, 1.54) is 13.8 Å². The van der Waals surface area contributed by atoms with E-state index < -0.39 is 28.1 Å². The molecule has 6 heteroatoms. The lowest BCUT2D eigenvalue weighted by molar-refractivity contribution is -0.153. The number of carbonyl (C=O) groups is 2. The SMILES string of the molecule is CC(C)(C(=O)O)C(=O)NC1CCS(=O)CC1. The molecule has 0 radical (unpaired) electrons. The van der Waals surface area contributed by atoms with E-state index in [9.17, 15) is 13.8 Å². The minimum atomic E-state index is -1.41. The first-order valence-electron chi connectivity index (χ1n) is 5.23. The summed E-state index contributed by atoms with van der Waals surface area (Å²) in [7, 11) is -0.773. The third-order valence-corrected chi connectivity index (χ3v) is 4.21. The molecule has 0 aromatic heterocycles. The molecule has 1 saturated heterocycles. The van der Waals surface area contributed by atoms with Gasteiger partial charge in [-0.15, -0.1) is 0 Å². The fourth-order valence-electron chi connectivity index (χ4n) is 1.40. The van der Waals surface area contributed by atoms with Crippen molar-refractivity contribution in [2.45, 2.75) is 32.7 Å². The van der Waals surface area contributed by atoms with Crippen molar-refractivity contribution in [1.29, 1.82) is 0 Å². The highest BCUT2D eigenvalue weighted by Crippen LogP contribution is 2.17. The van der Waals surface area contributed by atoms with Crippen LogP contribution < -0.4 is 5.32 Å². The minimum Gasteiger partial charge on any atom is -0.480 e. The molecule has 0 bridgehead atoms. The van der Waals surface area contributed by atoms with Crippen LogP contribution >= 0.6 is 0 Å². The summed E-state index contributed by atoms with van der Waals surface area (Å²) in [5.74, 6) is -0.446. The van der Waals surface area contributed by atoms with Crippen molar-refractivity contribution in [1.82, 2.24) is 5.32 Å². The molecule has 1 rings (SSSR count). The highest BCUT2D eigenvalue weighted by atomic mass is 32.2. The molecule has 0 saturated carbocycles. The van der Waals surface area contributed by atoms with Crippen LogP contribution in [0.25, 0.3) is 0 Å². The third-order valence-electron chi connectivity index (χ3n) is 2.83. The van der Waals surface area contributed by atoms with Gasteiger partial charge in [-0.25, -0.2) is 0 Å². The highest BCUT2D eigenvalue weighted by Gasteiger charge is 2.37. The van der Waals surface area contributed by atoms with Crippen LogP contribution in [0.1, 0.15) is 26.7 Å². The van der Waals surface area contributed by atoms with Crippen molar-refractivity contribution in [3.05, 3.63) is 0 Å². The van der Waals surface area contributed by atoms with Gasteiger partial charge in [0.2, 0.25) is 5.91 Å². The van der Waals surface area contributed by atoms with E-state index in [0.29, 0.717) is 24.3 Å². The molecule has 0 spiro atoms. The van der Waals surface area contributed by atoms with E-state index in [1.54, 1.807) is 0 Å². The quantitative estimate of drug-likeness (QED) is 0.694. The Morgan fingerprint density at radius 1 is 1.31 bits per heavy atom. The Bertz CT molecular complexity index is 317. The molecular weight excluding hydrogens is 230 g/mol. The first-order valence-corrected chi connectivity index (χ1v) is 6.72. The molecule has 1 aliphatic heterocycles. The van der Waals surface area contributed by atoms with Crippen molar-refractivity contribution in [3.63, 3.8) is 0 Å². The summed E-state index contributed by atoms with van der Waals surface area (Å²) in [6, 6.07) is -0.0381. The second kappa shape index (κ2) is 4.95. The predicted octanol–water partition coefficient (Wildman–Crippen LogP) is 0.124. The molecule has 1 heterocycles. The molecular formula is C10H17NO4S. The van der Waals surface area contributed by atoms with Gasteiger partial charge in [0.25, 0.3) is 0 Å². The minimum absolute atomic E-state index is 0.0381. The van der Waals surface area contributed by atoms with Crippen LogP contribution in [0.15, 0.2) is 0 Å². The number of carboxylic acids is 1. The number of rotatable bonds is 3. The lowest BCUT2D eigenvalue weighted by Crippen LogP contribution is -2.48. The van der Waals surface area contributed by atoms with Gasteiger partial charge in [0.05, 0.1) is 0 Å². The first kappa shape index (κ1) is 13.2. The Balaban J connectivity index is 2.52. The number of nitrogens with one attached hydrogen (secondary N) is 1. The van der Waals surface area contributed by atoms with Crippen molar-refractivity contribution >= 4 is 22.7 Å². The van der Waals surface area contributed by atoms with Crippen molar-refractivity contribution in [3.8, 4) is 0 Å². The summed E-state index contributed by atoms with van der Waals surface area (Å²) in [6.45, 7) is 2.76. The molecule has 92 valence electrons. The number of carbonyl (C=O) groups excluding carboxylic acids is 1. The van der Waals surface area contributed by atoms with Gasteiger partial charge in [-0.2, -0.15) is 0 Å². The lowest BCUT2D eigenvalue weighted by atomic mass is 9.92. The average molecular weight is 247 g/mol. The zero-order valence-electron chi connectivity index (χ0n) is 9.49. The maximum Gasteiger partial charge on any atom is 0.318 e. The Labute approximate surface area is 97.1 Å². The number of hydrogen-bond donors (Lipinski definition) is 2. The van der Waals surface area contributed by atoms with Crippen molar-refractivity contribution in [2.24, 2.45) is 5.41 Å². The molecule has 0 aromatic carbocycles. The van der Waals surface area contributed by atoms with E-state index >= 15 is 0 Å². The van der Waals surface area contributed by atoms with Crippen LogP contribution in [0.4, 0.5) is 0 Å². The summed E-state index contributed by atoms with van der Waals surface area (Å²) in [5, 5.41) is 11.6. The summed E-state index contributed by atoms with van der Waals surface area (Å²) in [5.41, 5.74) is -1.41. The largest absolute Gasteiger partial charge is 0.480 e. The lowest BCUT2D eigenvalue weighted by Gasteiger charge is -2.26. The number of amides is 1. The number of aliphatic carboxylic acids is 1. The van der Waals surface area contributed by atoms with E-state index in [1.807, 2.05) is 0 Å². The Kier molecular flexibility index (Phi) is 4.07. The van der Waals surface area contributed by atoms with Gasteiger partial charge >= 0.3 is 5.97 Å². The summed E-state index contributed by atoms with van der Waals surface area (Å²) in [4.78, 5) is 22.5. The molecule has 1 aliphatic rings. The molecule has 0 aliphatic carbocycles. The Morgan fingerprint density at radius 2 is 1.81 bits per heavy atom. The molecule has 5 nitrogen and oxygen atoms in total. The monoisotopic (exact) mass is 247 g/mol. The van der Waals surface area contributed by atoms with E-state index in [4.69, 9.17) is 5.11 Å². The highest BCUT2D eigenvalue weighted by molar-refractivity contribution is 7.85. The van der Waals surface area contributed by atoms with E-state index in [0.717, 1.165) is 0 Å². The molecule has 16 heavy (non-hydrogen) atoms. The second-order valence-corrected chi connectivity index (χ2v) is 6.22. The van der Waals surface area contributed by atoms with Gasteiger partial charge in [-0.1, -0.05) is 0 Å². The maximum absolute atomic E-state index is 11.7. The van der Waals surface area contributed by atoms with Crippen LogP contribution in [-0.4, -0.2) is 38.7 Å². The van der Waals surface area contributed by atoms with Gasteiger partial charge in [0.1, 0.15) is 5.41 Å². The number of hydrogen-bond acceptors (Lipinski definition) is 3. The zero-order valence-corrected chi connectivity index (χ0v) is 10.3. The van der Waals surface area contributed by atoms with Crippen LogP contribution in [0.5, 0.6) is 0 Å².